The molecule has 142 valence electrons. The maximum Gasteiger partial charge on any atom is 0.262 e. The minimum atomic E-state index is -3.36. The summed E-state index contributed by atoms with van der Waals surface area (Å²) in [6, 6.07) is 10.9. The second kappa shape index (κ2) is 7.62. The second-order valence-corrected chi connectivity index (χ2v) is 8.31. The Morgan fingerprint density at radius 2 is 1.93 bits per heavy atom. The Hall–Kier alpha value is -2.51. The molecule has 2 aromatic rings. The van der Waals surface area contributed by atoms with Crippen LogP contribution in [0.4, 0.5) is 5.69 Å². The average molecular weight is 408 g/mol. The van der Waals surface area contributed by atoms with E-state index < -0.39 is 21.8 Å². The number of sulfone groups is 1. The molecule has 8 heteroatoms. The number of halogens is 1. The number of carbonyl (C=O) groups is 1. The number of benzene rings is 2. The van der Waals surface area contributed by atoms with Crippen LogP contribution in [-0.4, -0.2) is 40.3 Å². The Bertz CT molecular complexity index is 1000. The lowest BCUT2D eigenvalue weighted by Crippen LogP contribution is -2.41. The minimum absolute atomic E-state index is 0.191. The number of ether oxygens (including phenoxy) is 2. The topological polar surface area (TPSA) is 72.9 Å². The number of rotatable bonds is 5. The summed E-state index contributed by atoms with van der Waals surface area (Å²) < 4.78 is 34.3. The molecule has 0 saturated carbocycles. The van der Waals surface area contributed by atoms with Crippen LogP contribution < -0.4 is 14.4 Å². The van der Waals surface area contributed by atoms with Crippen molar-refractivity contribution in [2.45, 2.75) is 6.04 Å². The lowest BCUT2D eigenvalue weighted by Gasteiger charge is -2.28. The Balaban J connectivity index is 2.08. The van der Waals surface area contributed by atoms with Crippen LogP contribution in [-0.2, 0) is 9.84 Å². The highest BCUT2D eigenvalue weighted by Crippen LogP contribution is 2.31. The van der Waals surface area contributed by atoms with Gasteiger partial charge in [-0.2, -0.15) is 0 Å². The third-order valence-corrected chi connectivity index (χ3v) is 5.80. The minimum Gasteiger partial charge on any atom is -0.497 e. The maximum atomic E-state index is 13.4. The highest BCUT2D eigenvalue weighted by atomic mass is 35.5. The number of anilines is 1. The van der Waals surface area contributed by atoms with Gasteiger partial charge in [0.05, 0.1) is 31.6 Å². The van der Waals surface area contributed by atoms with Gasteiger partial charge in [0, 0.05) is 22.2 Å². The molecule has 0 spiro atoms. The Morgan fingerprint density at radius 3 is 2.52 bits per heavy atom. The molecule has 1 amide bonds. The van der Waals surface area contributed by atoms with Crippen molar-refractivity contribution in [1.29, 1.82) is 0 Å². The van der Waals surface area contributed by atoms with Gasteiger partial charge in [0.15, 0.2) is 9.84 Å². The predicted molar refractivity (Wildman–Crippen MR) is 105 cm³/mol. The number of nitrogens with zero attached hydrogens (tertiary/aromatic N) is 1. The van der Waals surface area contributed by atoms with Gasteiger partial charge in [-0.25, -0.2) is 8.42 Å². The molecule has 1 atom stereocenters. The van der Waals surface area contributed by atoms with E-state index in [1.807, 2.05) is 0 Å². The third-order valence-electron chi connectivity index (χ3n) is 4.19. The van der Waals surface area contributed by atoms with E-state index in [-0.39, 0.29) is 11.3 Å². The summed E-state index contributed by atoms with van der Waals surface area (Å²) in [6.07, 6.45) is 1.50. The summed E-state index contributed by atoms with van der Waals surface area (Å²) in [5.41, 5.74) is 0.785. The van der Waals surface area contributed by atoms with Crippen LogP contribution in [0.25, 0.3) is 0 Å². The molecule has 6 nitrogen and oxygen atoms in total. The van der Waals surface area contributed by atoms with E-state index >= 15 is 0 Å². The lowest BCUT2D eigenvalue weighted by atomic mass is 10.1. The molecule has 1 heterocycles. The van der Waals surface area contributed by atoms with Gasteiger partial charge in [-0.3, -0.25) is 4.79 Å². The van der Waals surface area contributed by atoms with Gasteiger partial charge in [-0.1, -0.05) is 17.7 Å². The zero-order valence-corrected chi connectivity index (χ0v) is 16.3. The van der Waals surface area contributed by atoms with Gasteiger partial charge in [0.2, 0.25) is 0 Å². The van der Waals surface area contributed by atoms with Gasteiger partial charge in [-0.05, 0) is 36.4 Å². The lowest BCUT2D eigenvalue weighted by molar-refractivity contribution is 0.0980. The largest absolute Gasteiger partial charge is 0.497 e. The Morgan fingerprint density at radius 1 is 1.15 bits per heavy atom. The number of hydrogen-bond donors (Lipinski definition) is 0. The number of methoxy groups -OCH3 is 2. The Labute approximate surface area is 162 Å². The van der Waals surface area contributed by atoms with Crippen molar-refractivity contribution in [1.82, 2.24) is 0 Å². The van der Waals surface area contributed by atoms with Crippen molar-refractivity contribution in [3.05, 3.63) is 64.5 Å². The van der Waals surface area contributed by atoms with E-state index in [1.54, 1.807) is 42.5 Å². The van der Waals surface area contributed by atoms with Crippen molar-refractivity contribution >= 4 is 33.0 Å². The fourth-order valence-corrected chi connectivity index (χ4v) is 4.36. The monoisotopic (exact) mass is 407 g/mol. The van der Waals surface area contributed by atoms with Crippen molar-refractivity contribution in [2.75, 3.05) is 24.9 Å². The van der Waals surface area contributed by atoms with Crippen molar-refractivity contribution in [3.8, 4) is 11.5 Å². The van der Waals surface area contributed by atoms with Crippen molar-refractivity contribution in [3.63, 3.8) is 0 Å². The van der Waals surface area contributed by atoms with E-state index in [1.165, 1.54) is 25.2 Å². The van der Waals surface area contributed by atoms with Crippen LogP contribution in [0, 0.1) is 0 Å². The van der Waals surface area contributed by atoms with Crippen LogP contribution >= 0.6 is 11.6 Å². The molecule has 0 N–H and O–H groups in total. The number of amides is 1. The maximum absolute atomic E-state index is 13.4. The number of hydrogen-bond acceptors (Lipinski definition) is 5. The van der Waals surface area contributed by atoms with E-state index in [0.29, 0.717) is 22.2 Å². The van der Waals surface area contributed by atoms with Crippen molar-refractivity contribution in [2.24, 2.45) is 0 Å². The standard InChI is InChI=1S/C19H18ClNO5S/c1-25-16-6-7-17(18(11-16)26-2)19(22)21(14-5-3-4-13(20)10-14)15-8-9-27(23,24)12-15/h3-11,15H,12H2,1-2H3. The van der Waals surface area contributed by atoms with Gasteiger partial charge in [-0.15, -0.1) is 0 Å². The van der Waals surface area contributed by atoms with Gasteiger partial charge < -0.3 is 14.4 Å². The van der Waals surface area contributed by atoms with Gasteiger partial charge >= 0.3 is 0 Å². The zero-order chi connectivity index (χ0) is 19.6. The van der Waals surface area contributed by atoms with Crippen LogP contribution in [0.5, 0.6) is 11.5 Å². The Kier molecular flexibility index (Phi) is 5.43. The highest BCUT2D eigenvalue weighted by Gasteiger charge is 2.33. The van der Waals surface area contributed by atoms with Gasteiger partial charge in [0.25, 0.3) is 5.91 Å². The molecule has 3 rings (SSSR count). The van der Waals surface area contributed by atoms with Crippen LogP contribution in [0.3, 0.4) is 0 Å². The highest BCUT2D eigenvalue weighted by molar-refractivity contribution is 7.94. The van der Waals surface area contributed by atoms with Crippen LogP contribution in [0.1, 0.15) is 10.4 Å². The fourth-order valence-electron chi connectivity index (χ4n) is 2.91. The summed E-state index contributed by atoms with van der Waals surface area (Å²) >= 11 is 6.09. The summed E-state index contributed by atoms with van der Waals surface area (Å²) in [6.45, 7) is 0. The number of carbonyl (C=O) groups excluding carboxylic acids is 1. The molecular weight excluding hydrogens is 390 g/mol. The molecule has 0 aromatic heterocycles. The molecule has 0 fully saturated rings. The summed E-state index contributed by atoms with van der Waals surface area (Å²) in [4.78, 5) is 14.8. The SMILES string of the molecule is COc1ccc(C(=O)N(c2cccc(Cl)c2)C2C=CS(=O)(=O)C2)c(OC)c1. The first-order valence-electron chi connectivity index (χ1n) is 8.07. The molecule has 27 heavy (non-hydrogen) atoms. The first-order valence-corrected chi connectivity index (χ1v) is 10.2. The quantitative estimate of drug-likeness (QED) is 0.760. The molecule has 0 saturated heterocycles. The van der Waals surface area contributed by atoms with E-state index in [4.69, 9.17) is 21.1 Å². The van der Waals surface area contributed by atoms with E-state index in [9.17, 15) is 13.2 Å². The smallest absolute Gasteiger partial charge is 0.262 e. The van der Waals surface area contributed by atoms with Crippen molar-refractivity contribution < 1.29 is 22.7 Å². The van der Waals surface area contributed by atoms with Gasteiger partial charge in [0.1, 0.15) is 11.5 Å². The molecule has 0 bridgehead atoms. The summed E-state index contributed by atoms with van der Waals surface area (Å²) in [5.74, 6) is 0.282. The fraction of sp³-hybridized carbons (Fsp3) is 0.211. The second-order valence-electron chi connectivity index (χ2n) is 5.95. The summed E-state index contributed by atoms with van der Waals surface area (Å²) in [7, 11) is -0.389. The molecule has 0 radical (unpaired) electrons. The first kappa shape index (κ1) is 19.3. The molecule has 0 aliphatic carbocycles. The molecular formula is C19H18ClNO5S. The molecule has 1 aliphatic heterocycles. The molecule has 1 unspecified atom stereocenters. The van der Waals surface area contributed by atoms with E-state index in [2.05, 4.69) is 0 Å². The third kappa shape index (κ3) is 4.09. The van der Waals surface area contributed by atoms with E-state index in [0.717, 1.165) is 5.41 Å². The molecule has 2 aromatic carbocycles. The zero-order valence-electron chi connectivity index (χ0n) is 14.8. The predicted octanol–water partition coefficient (Wildman–Crippen LogP) is 3.31. The first-order chi connectivity index (χ1) is 12.8. The summed E-state index contributed by atoms with van der Waals surface area (Å²) in [5, 5.41) is 1.57. The van der Waals surface area contributed by atoms with Crippen LogP contribution in [0.15, 0.2) is 53.9 Å². The molecule has 1 aliphatic rings. The average Bonchev–Trinajstić information content (AvgIpc) is 3.00. The van der Waals surface area contributed by atoms with Crippen LogP contribution in [0.2, 0.25) is 5.02 Å². The normalized spacial score (nSPS) is 17.5.